The molecule has 6 heteroatoms. The molecule has 2 aromatic carbocycles. The lowest BCUT2D eigenvalue weighted by atomic mass is 10.0. The molecule has 0 aliphatic carbocycles. The van der Waals surface area contributed by atoms with E-state index < -0.39 is 0 Å². The van der Waals surface area contributed by atoms with Gasteiger partial charge in [0.1, 0.15) is 5.75 Å². The molecule has 1 aliphatic heterocycles. The maximum Gasteiger partial charge on any atom is 0.260 e. The van der Waals surface area contributed by atoms with E-state index in [-0.39, 0.29) is 19.1 Å². The molecule has 30 heavy (non-hydrogen) atoms. The van der Waals surface area contributed by atoms with Crippen LogP contribution in [0.2, 0.25) is 0 Å². The van der Waals surface area contributed by atoms with Crippen molar-refractivity contribution in [2.75, 3.05) is 39.5 Å². The van der Waals surface area contributed by atoms with Gasteiger partial charge >= 0.3 is 0 Å². The van der Waals surface area contributed by atoms with Crippen molar-refractivity contribution in [3.8, 4) is 17.0 Å². The Morgan fingerprint density at radius 3 is 2.67 bits per heavy atom. The van der Waals surface area contributed by atoms with Crippen LogP contribution in [0.15, 0.2) is 48.5 Å². The molecule has 4 rings (SSSR count). The summed E-state index contributed by atoms with van der Waals surface area (Å²) in [5, 5.41) is 10.5. The number of carbonyl (C=O) groups excluding carboxylic acids is 1. The number of ether oxygens (including phenoxy) is 2. The second kappa shape index (κ2) is 9.24. The van der Waals surface area contributed by atoms with Crippen LogP contribution < -0.4 is 4.74 Å². The van der Waals surface area contributed by atoms with Crippen LogP contribution in [0.1, 0.15) is 11.1 Å². The van der Waals surface area contributed by atoms with Crippen molar-refractivity contribution in [1.82, 2.24) is 9.88 Å². The molecule has 0 atom stereocenters. The van der Waals surface area contributed by atoms with Crippen molar-refractivity contribution in [3.63, 3.8) is 0 Å². The molecule has 3 aromatic rings. The van der Waals surface area contributed by atoms with Crippen LogP contribution in [0.25, 0.3) is 22.2 Å². The van der Waals surface area contributed by atoms with Gasteiger partial charge in [0, 0.05) is 30.6 Å². The molecule has 1 fully saturated rings. The summed E-state index contributed by atoms with van der Waals surface area (Å²) >= 11 is 0. The number of aliphatic hydroxyl groups excluding tert-OH is 1. The molecule has 156 valence electrons. The van der Waals surface area contributed by atoms with Crippen molar-refractivity contribution in [2.24, 2.45) is 0 Å². The van der Waals surface area contributed by atoms with Gasteiger partial charge in [-0.25, -0.2) is 4.98 Å². The summed E-state index contributed by atoms with van der Waals surface area (Å²) < 4.78 is 10.9. The minimum absolute atomic E-state index is 0.0226. The number of fused-ring (bicyclic) bond motifs is 1. The van der Waals surface area contributed by atoms with E-state index in [0.29, 0.717) is 38.5 Å². The van der Waals surface area contributed by atoms with Crippen LogP contribution in [0.3, 0.4) is 0 Å². The van der Waals surface area contributed by atoms with E-state index in [1.54, 1.807) is 4.90 Å². The first kappa shape index (κ1) is 20.3. The van der Waals surface area contributed by atoms with Crippen LogP contribution in [0.5, 0.6) is 5.75 Å². The Morgan fingerprint density at radius 1 is 1.17 bits per heavy atom. The van der Waals surface area contributed by atoms with Gasteiger partial charge in [0.2, 0.25) is 0 Å². The van der Waals surface area contributed by atoms with Crippen molar-refractivity contribution >= 4 is 16.8 Å². The summed E-state index contributed by atoms with van der Waals surface area (Å²) in [6.07, 6.45) is 0.581. The highest BCUT2D eigenvalue weighted by Gasteiger charge is 2.17. The minimum Gasteiger partial charge on any atom is -0.484 e. The first-order valence-electron chi connectivity index (χ1n) is 10.2. The predicted octanol–water partition coefficient (Wildman–Crippen LogP) is 2.98. The number of aryl methyl sites for hydroxylation is 1. The molecule has 2 heterocycles. The van der Waals surface area contributed by atoms with Gasteiger partial charge in [-0.3, -0.25) is 4.79 Å². The van der Waals surface area contributed by atoms with Gasteiger partial charge in [-0.15, -0.1) is 0 Å². The lowest BCUT2D eigenvalue weighted by molar-refractivity contribution is -0.137. The second-order valence-corrected chi connectivity index (χ2v) is 7.42. The Morgan fingerprint density at radius 2 is 1.93 bits per heavy atom. The summed E-state index contributed by atoms with van der Waals surface area (Å²) in [5.41, 5.74) is 4.97. The van der Waals surface area contributed by atoms with Gasteiger partial charge in [-0.05, 0) is 54.8 Å². The third-order valence-electron chi connectivity index (χ3n) is 5.39. The van der Waals surface area contributed by atoms with Crippen LogP contribution in [0, 0.1) is 6.92 Å². The summed E-state index contributed by atoms with van der Waals surface area (Å²) in [6, 6.07) is 15.8. The topological polar surface area (TPSA) is 71.9 Å². The van der Waals surface area contributed by atoms with E-state index in [1.165, 1.54) is 0 Å². The Labute approximate surface area is 176 Å². The van der Waals surface area contributed by atoms with Crippen molar-refractivity contribution < 1.29 is 19.4 Å². The maximum absolute atomic E-state index is 12.2. The molecule has 0 spiro atoms. The first-order valence-corrected chi connectivity index (χ1v) is 10.2. The maximum atomic E-state index is 12.2. The van der Waals surface area contributed by atoms with Crippen molar-refractivity contribution in [1.29, 1.82) is 0 Å². The van der Waals surface area contributed by atoms with Gasteiger partial charge in [-0.2, -0.15) is 0 Å². The quantitative estimate of drug-likeness (QED) is 0.681. The predicted molar refractivity (Wildman–Crippen MR) is 116 cm³/mol. The van der Waals surface area contributed by atoms with Crippen LogP contribution in [-0.4, -0.2) is 60.4 Å². The summed E-state index contributed by atoms with van der Waals surface area (Å²) in [5.74, 6) is 0.629. The molecule has 1 N–H and O–H groups in total. The highest BCUT2D eigenvalue weighted by atomic mass is 16.5. The van der Waals surface area contributed by atoms with E-state index in [1.807, 2.05) is 36.4 Å². The number of morpholine rings is 1. The SMILES string of the molecule is Cc1cc(-c2ccc(OCC(=O)N3CCOCC3)cc2)nc2c(CCO)cccc12. The van der Waals surface area contributed by atoms with Crippen molar-refractivity contribution in [2.45, 2.75) is 13.3 Å². The molecule has 0 bridgehead atoms. The van der Waals surface area contributed by atoms with E-state index in [9.17, 15) is 9.90 Å². The fourth-order valence-corrected chi connectivity index (χ4v) is 3.72. The molecule has 0 unspecified atom stereocenters. The number of pyridine rings is 1. The molecular weight excluding hydrogens is 380 g/mol. The average molecular weight is 406 g/mol. The van der Waals surface area contributed by atoms with Gasteiger partial charge in [-0.1, -0.05) is 18.2 Å². The Bertz CT molecular complexity index is 1030. The fourth-order valence-electron chi connectivity index (χ4n) is 3.72. The number of aliphatic hydroxyl groups is 1. The zero-order chi connectivity index (χ0) is 20.9. The van der Waals surface area contributed by atoms with Crippen LogP contribution in [-0.2, 0) is 16.0 Å². The summed E-state index contributed by atoms with van der Waals surface area (Å²) in [6.45, 7) is 4.59. The number of rotatable bonds is 6. The normalized spacial score (nSPS) is 14.1. The van der Waals surface area contributed by atoms with Gasteiger partial charge in [0.15, 0.2) is 6.61 Å². The molecule has 1 amide bonds. The Balaban J connectivity index is 1.50. The zero-order valence-electron chi connectivity index (χ0n) is 17.1. The third kappa shape index (κ3) is 4.45. The Kier molecular flexibility index (Phi) is 6.26. The van der Waals surface area contributed by atoms with Crippen LogP contribution >= 0.6 is 0 Å². The average Bonchev–Trinajstić information content (AvgIpc) is 2.79. The largest absolute Gasteiger partial charge is 0.484 e. The molecule has 0 radical (unpaired) electrons. The molecule has 0 saturated carbocycles. The minimum atomic E-state index is -0.0226. The summed E-state index contributed by atoms with van der Waals surface area (Å²) in [4.78, 5) is 18.9. The highest BCUT2D eigenvalue weighted by molar-refractivity contribution is 5.87. The fraction of sp³-hybridized carbons (Fsp3) is 0.333. The van der Waals surface area contributed by atoms with Crippen LogP contribution in [0.4, 0.5) is 0 Å². The molecule has 1 aliphatic rings. The summed E-state index contributed by atoms with van der Waals surface area (Å²) in [7, 11) is 0. The third-order valence-corrected chi connectivity index (χ3v) is 5.39. The van der Waals surface area contributed by atoms with E-state index in [0.717, 1.165) is 33.3 Å². The lowest BCUT2D eigenvalue weighted by Gasteiger charge is -2.26. The first-order chi connectivity index (χ1) is 14.7. The number of hydrogen-bond acceptors (Lipinski definition) is 5. The molecule has 1 aromatic heterocycles. The molecular formula is C24H26N2O4. The smallest absolute Gasteiger partial charge is 0.260 e. The number of aromatic nitrogens is 1. The number of nitrogens with zero attached hydrogens (tertiary/aromatic N) is 2. The Hall–Kier alpha value is -2.96. The molecule has 1 saturated heterocycles. The number of para-hydroxylation sites is 1. The number of amides is 1. The second-order valence-electron chi connectivity index (χ2n) is 7.42. The van der Waals surface area contributed by atoms with E-state index >= 15 is 0 Å². The monoisotopic (exact) mass is 406 g/mol. The highest BCUT2D eigenvalue weighted by Crippen LogP contribution is 2.28. The van der Waals surface area contributed by atoms with E-state index in [4.69, 9.17) is 14.5 Å². The number of carbonyl (C=O) groups is 1. The van der Waals surface area contributed by atoms with Gasteiger partial charge in [0.05, 0.1) is 24.4 Å². The zero-order valence-corrected chi connectivity index (χ0v) is 17.1. The molecule has 6 nitrogen and oxygen atoms in total. The van der Waals surface area contributed by atoms with E-state index in [2.05, 4.69) is 19.1 Å². The number of hydrogen-bond donors (Lipinski definition) is 1. The van der Waals surface area contributed by atoms with Gasteiger partial charge < -0.3 is 19.5 Å². The van der Waals surface area contributed by atoms with Crippen molar-refractivity contribution in [3.05, 3.63) is 59.7 Å². The standard InChI is InChI=1S/C24H26N2O4/c1-17-15-22(25-24-19(9-12-27)3-2-4-21(17)24)18-5-7-20(8-6-18)30-16-23(28)26-10-13-29-14-11-26/h2-8,15,27H,9-14,16H2,1H3. The van der Waals surface area contributed by atoms with Gasteiger partial charge in [0.25, 0.3) is 5.91 Å². The number of benzene rings is 2. The lowest BCUT2D eigenvalue weighted by Crippen LogP contribution is -2.42.